The second-order valence-corrected chi connectivity index (χ2v) is 9.22. The minimum Gasteiger partial charge on any atom is -0.490 e. The molecule has 0 bridgehead atoms. The Balaban J connectivity index is 1.81. The zero-order valence-electron chi connectivity index (χ0n) is 18.8. The summed E-state index contributed by atoms with van der Waals surface area (Å²) >= 11 is 6.98. The van der Waals surface area contributed by atoms with Gasteiger partial charge in [-0.3, -0.25) is 4.79 Å². The molecular formula is C27H24Br2N2O3. The van der Waals surface area contributed by atoms with Crippen LogP contribution in [0.3, 0.4) is 0 Å². The van der Waals surface area contributed by atoms with Crippen LogP contribution in [0.1, 0.15) is 36.6 Å². The van der Waals surface area contributed by atoms with Crippen molar-refractivity contribution in [3.8, 4) is 17.6 Å². The van der Waals surface area contributed by atoms with Gasteiger partial charge in [0.2, 0.25) is 0 Å². The van der Waals surface area contributed by atoms with Crippen molar-refractivity contribution in [3.05, 3.63) is 97.9 Å². The number of nitriles is 1. The zero-order chi connectivity index (χ0) is 24.5. The van der Waals surface area contributed by atoms with E-state index in [1.165, 1.54) is 0 Å². The lowest BCUT2D eigenvalue weighted by Gasteiger charge is -2.15. The third kappa shape index (κ3) is 6.96. The third-order valence-corrected chi connectivity index (χ3v) is 6.07. The van der Waals surface area contributed by atoms with Crippen molar-refractivity contribution in [2.75, 3.05) is 6.61 Å². The van der Waals surface area contributed by atoms with Crippen LogP contribution >= 0.6 is 31.9 Å². The molecule has 3 aromatic rings. The number of halogens is 2. The first-order valence-corrected chi connectivity index (χ1v) is 12.3. The number of nitrogens with one attached hydrogen (secondary N) is 1. The van der Waals surface area contributed by atoms with Crippen molar-refractivity contribution in [1.29, 1.82) is 5.26 Å². The topological polar surface area (TPSA) is 71.3 Å². The summed E-state index contributed by atoms with van der Waals surface area (Å²) < 4.78 is 13.5. The van der Waals surface area contributed by atoms with E-state index in [1.807, 2.05) is 74.5 Å². The molecule has 1 atom stereocenters. The van der Waals surface area contributed by atoms with E-state index < -0.39 is 5.91 Å². The summed E-state index contributed by atoms with van der Waals surface area (Å²) in [6.45, 7) is 4.57. The Morgan fingerprint density at radius 2 is 1.79 bits per heavy atom. The number of nitrogens with zero attached hydrogens (tertiary/aromatic N) is 1. The minimum absolute atomic E-state index is 0.000612. The Morgan fingerprint density at radius 3 is 2.44 bits per heavy atom. The quantitative estimate of drug-likeness (QED) is 0.218. The lowest BCUT2D eigenvalue weighted by Crippen LogP contribution is -2.27. The van der Waals surface area contributed by atoms with Crippen molar-refractivity contribution >= 4 is 43.8 Å². The Labute approximate surface area is 216 Å². The summed E-state index contributed by atoms with van der Waals surface area (Å²) in [5, 5.41) is 12.5. The Morgan fingerprint density at radius 1 is 1.09 bits per heavy atom. The van der Waals surface area contributed by atoms with E-state index in [-0.39, 0.29) is 11.6 Å². The molecule has 5 nitrogen and oxygen atoms in total. The number of carbonyl (C=O) groups is 1. The number of ether oxygens (including phenoxy) is 2. The molecule has 7 heteroatoms. The predicted molar refractivity (Wildman–Crippen MR) is 140 cm³/mol. The SMILES string of the molecule is CCOc1cc(/C=C(\C#N)C(=O)N[C@H](C)c2ccccc2)cc(Br)c1OCc1ccc(Br)cc1. The van der Waals surface area contributed by atoms with Gasteiger partial charge in [0.25, 0.3) is 5.91 Å². The molecule has 1 amide bonds. The van der Waals surface area contributed by atoms with Crippen LogP contribution in [0.15, 0.2) is 81.2 Å². The van der Waals surface area contributed by atoms with Gasteiger partial charge < -0.3 is 14.8 Å². The molecule has 0 saturated heterocycles. The number of benzene rings is 3. The first-order valence-electron chi connectivity index (χ1n) is 10.7. The van der Waals surface area contributed by atoms with Crippen molar-refractivity contribution in [2.24, 2.45) is 0 Å². The van der Waals surface area contributed by atoms with Gasteiger partial charge in [0.05, 0.1) is 17.1 Å². The summed E-state index contributed by atoms with van der Waals surface area (Å²) in [6, 6.07) is 22.8. The highest BCUT2D eigenvalue weighted by atomic mass is 79.9. The van der Waals surface area contributed by atoms with Gasteiger partial charge in [-0.1, -0.05) is 58.4 Å². The third-order valence-electron chi connectivity index (χ3n) is 4.95. The summed E-state index contributed by atoms with van der Waals surface area (Å²) in [4.78, 5) is 12.7. The smallest absolute Gasteiger partial charge is 0.262 e. The Kier molecular flexibility index (Phi) is 9.32. The van der Waals surface area contributed by atoms with Crippen LogP contribution in [-0.2, 0) is 11.4 Å². The van der Waals surface area contributed by atoms with E-state index >= 15 is 0 Å². The van der Waals surface area contributed by atoms with Gasteiger partial charge in [0.15, 0.2) is 11.5 Å². The molecule has 0 heterocycles. The van der Waals surface area contributed by atoms with Crippen molar-refractivity contribution in [3.63, 3.8) is 0 Å². The first-order chi connectivity index (χ1) is 16.4. The van der Waals surface area contributed by atoms with Crippen LogP contribution in [0.2, 0.25) is 0 Å². The maximum atomic E-state index is 12.7. The van der Waals surface area contributed by atoms with E-state index in [2.05, 4.69) is 37.2 Å². The normalized spacial score (nSPS) is 11.9. The molecule has 0 aliphatic rings. The van der Waals surface area contributed by atoms with Gasteiger partial charge in [-0.25, -0.2) is 0 Å². The standard InChI is InChI=1S/C27H24Br2N2O3/c1-3-33-25-15-20(14-24(29)26(25)34-17-19-9-11-23(28)12-10-19)13-22(16-30)27(32)31-18(2)21-7-5-4-6-8-21/h4-15,18H,3,17H2,1-2H3,(H,31,32)/b22-13+/t18-/m1/s1. The van der Waals surface area contributed by atoms with E-state index in [0.29, 0.717) is 34.7 Å². The minimum atomic E-state index is -0.441. The Hall–Kier alpha value is -3.08. The van der Waals surface area contributed by atoms with E-state index in [1.54, 1.807) is 18.2 Å². The summed E-state index contributed by atoms with van der Waals surface area (Å²) in [6.07, 6.45) is 1.54. The van der Waals surface area contributed by atoms with Crippen LogP contribution < -0.4 is 14.8 Å². The first kappa shape index (κ1) is 25.5. The van der Waals surface area contributed by atoms with Crippen LogP contribution in [0.5, 0.6) is 11.5 Å². The van der Waals surface area contributed by atoms with Crippen LogP contribution in [-0.4, -0.2) is 12.5 Å². The van der Waals surface area contributed by atoms with Crippen molar-refractivity contribution < 1.29 is 14.3 Å². The predicted octanol–water partition coefficient (Wildman–Crippen LogP) is 6.97. The van der Waals surface area contributed by atoms with Crippen LogP contribution in [0.4, 0.5) is 0 Å². The number of amides is 1. The molecule has 3 aromatic carbocycles. The number of carbonyl (C=O) groups excluding carboxylic acids is 1. The molecule has 0 aliphatic heterocycles. The monoisotopic (exact) mass is 582 g/mol. The highest BCUT2D eigenvalue weighted by Gasteiger charge is 2.16. The highest BCUT2D eigenvalue weighted by molar-refractivity contribution is 9.10. The average Bonchev–Trinajstić information content (AvgIpc) is 2.83. The molecule has 3 rings (SSSR count). The summed E-state index contributed by atoms with van der Waals surface area (Å²) in [7, 11) is 0. The molecule has 174 valence electrons. The van der Waals surface area contributed by atoms with Crippen molar-refractivity contribution in [1.82, 2.24) is 5.32 Å². The Bertz CT molecular complexity index is 1200. The molecule has 0 aromatic heterocycles. The van der Waals surface area contributed by atoms with Gasteiger partial charge in [0, 0.05) is 4.47 Å². The highest BCUT2D eigenvalue weighted by Crippen LogP contribution is 2.38. The molecule has 0 aliphatic carbocycles. The largest absolute Gasteiger partial charge is 0.490 e. The average molecular weight is 584 g/mol. The maximum Gasteiger partial charge on any atom is 0.262 e. The van der Waals surface area contributed by atoms with E-state index in [4.69, 9.17) is 9.47 Å². The molecule has 0 saturated carbocycles. The molecule has 34 heavy (non-hydrogen) atoms. The van der Waals surface area contributed by atoms with Gasteiger partial charge in [-0.15, -0.1) is 0 Å². The van der Waals surface area contributed by atoms with E-state index in [0.717, 1.165) is 15.6 Å². The summed E-state index contributed by atoms with van der Waals surface area (Å²) in [5.41, 5.74) is 2.62. The molecular weight excluding hydrogens is 560 g/mol. The van der Waals surface area contributed by atoms with Crippen LogP contribution in [0, 0.1) is 11.3 Å². The fourth-order valence-electron chi connectivity index (χ4n) is 3.23. The molecule has 0 spiro atoms. The molecule has 0 unspecified atom stereocenters. The molecule has 0 radical (unpaired) electrons. The molecule has 1 N–H and O–H groups in total. The van der Waals surface area contributed by atoms with Gasteiger partial charge in [-0.05, 0) is 76.8 Å². The van der Waals surface area contributed by atoms with E-state index in [9.17, 15) is 10.1 Å². The number of hydrogen-bond acceptors (Lipinski definition) is 4. The lowest BCUT2D eigenvalue weighted by atomic mass is 10.1. The zero-order valence-corrected chi connectivity index (χ0v) is 22.0. The maximum absolute atomic E-state index is 12.7. The van der Waals surface area contributed by atoms with Gasteiger partial charge in [-0.2, -0.15) is 5.26 Å². The fourth-order valence-corrected chi connectivity index (χ4v) is 4.06. The van der Waals surface area contributed by atoms with Gasteiger partial charge >= 0.3 is 0 Å². The molecule has 0 fully saturated rings. The number of hydrogen-bond donors (Lipinski definition) is 1. The van der Waals surface area contributed by atoms with Gasteiger partial charge in [0.1, 0.15) is 18.2 Å². The second-order valence-electron chi connectivity index (χ2n) is 7.45. The number of rotatable bonds is 9. The lowest BCUT2D eigenvalue weighted by molar-refractivity contribution is -0.117. The van der Waals surface area contributed by atoms with Crippen molar-refractivity contribution in [2.45, 2.75) is 26.5 Å². The second kappa shape index (κ2) is 12.4. The fraction of sp³-hybridized carbons (Fsp3) is 0.185. The summed E-state index contributed by atoms with van der Waals surface area (Å²) in [5.74, 6) is 0.640. The van der Waals surface area contributed by atoms with Crippen LogP contribution in [0.25, 0.3) is 6.08 Å².